The second kappa shape index (κ2) is 15.0. The van der Waals surface area contributed by atoms with Gasteiger partial charge >= 0.3 is 6.09 Å². The van der Waals surface area contributed by atoms with Crippen molar-refractivity contribution in [1.29, 1.82) is 0 Å². The number of methoxy groups -OCH3 is 1. The van der Waals surface area contributed by atoms with Crippen LogP contribution in [0.5, 0.6) is 0 Å². The highest BCUT2D eigenvalue weighted by Gasteiger charge is 2.20. The van der Waals surface area contributed by atoms with Crippen LogP contribution in [0.1, 0.15) is 79.0 Å². The number of amides is 1. The summed E-state index contributed by atoms with van der Waals surface area (Å²) in [7, 11) is 3.32. The maximum atomic E-state index is 13.1. The van der Waals surface area contributed by atoms with Crippen molar-refractivity contribution in [2.45, 2.75) is 63.5 Å². The standard InChI is InChI=1S/C29H39ClN2O4/c1-31-26(18-21-8-4-3-5-9-21)14-15-27(33)22-10-6-11-23(19-22)28(24-12-7-13-25(30)20-24)36-17-16-32-29(34)35-2/h6-7,10-13,19-21,26,28,31H,3-5,8-9,14-18H2,1-2H3,(H,32,34)/t26-,28?/m1/s1. The Morgan fingerprint density at radius 1 is 1.06 bits per heavy atom. The van der Waals surface area contributed by atoms with Crippen LogP contribution in [-0.2, 0) is 9.47 Å². The van der Waals surface area contributed by atoms with E-state index < -0.39 is 12.2 Å². The Morgan fingerprint density at radius 3 is 2.47 bits per heavy atom. The Kier molecular flexibility index (Phi) is 11.7. The number of benzene rings is 2. The monoisotopic (exact) mass is 514 g/mol. The van der Waals surface area contributed by atoms with E-state index in [0.29, 0.717) is 29.6 Å². The van der Waals surface area contributed by atoms with Crippen molar-refractivity contribution in [1.82, 2.24) is 10.6 Å². The lowest BCUT2D eigenvalue weighted by Crippen LogP contribution is -2.29. The number of ether oxygens (including phenoxy) is 2. The summed E-state index contributed by atoms with van der Waals surface area (Å²) >= 11 is 6.25. The van der Waals surface area contributed by atoms with Gasteiger partial charge < -0.3 is 20.1 Å². The van der Waals surface area contributed by atoms with Crippen LogP contribution in [0.15, 0.2) is 48.5 Å². The molecule has 6 nitrogen and oxygen atoms in total. The summed E-state index contributed by atoms with van der Waals surface area (Å²) in [6.45, 7) is 0.574. The topological polar surface area (TPSA) is 76.7 Å². The molecule has 1 unspecified atom stereocenters. The average molecular weight is 515 g/mol. The molecular weight excluding hydrogens is 476 g/mol. The fourth-order valence-corrected chi connectivity index (χ4v) is 5.19. The molecule has 0 heterocycles. The zero-order valence-corrected chi connectivity index (χ0v) is 22.2. The summed E-state index contributed by atoms with van der Waals surface area (Å²) in [4.78, 5) is 24.5. The van der Waals surface area contributed by atoms with Crippen LogP contribution in [0.2, 0.25) is 5.02 Å². The van der Waals surface area contributed by atoms with E-state index in [1.165, 1.54) is 39.2 Å². The third kappa shape index (κ3) is 8.91. The minimum Gasteiger partial charge on any atom is -0.453 e. The molecule has 0 saturated heterocycles. The number of nitrogens with one attached hydrogen (secondary N) is 2. The average Bonchev–Trinajstić information content (AvgIpc) is 2.91. The first-order valence-corrected chi connectivity index (χ1v) is 13.4. The molecule has 0 radical (unpaired) electrons. The largest absolute Gasteiger partial charge is 0.453 e. The summed E-state index contributed by atoms with van der Waals surface area (Å²) < 4.78 is 10.8. The van der Waals surface area contributed by atoms with Crippen molar-refractivity contribution < 1.29 is 19.1 Å². The highest BCUT2D eigenvalue weighted by atomic mass is 35.5. The second-order valence-electron chi connectivity index (χ2n) is 9.54. The van der Waals surface area contributed by atoms with Gasteiger partial charge in [0.05, 0.1) is 13.7 Å². The molecule has 1 saturated carbocycles. The first-order chi connectivity index (χ1) is 17.5. The lowest BCUT2D eigenvalue weighted by atomic mass is 9.83. The second-order valence-corrected chi connectivity index (χ2v) is 9.97. The molecule has 2 aromatic rings. The number of Topliss-reactive ketones (excluding diaryl/α,β-unsaturated/α-hetero) is 1. The van der Waals surface area contributed by atoms with Gasteiger partial charge in [-0.3, -0.25) is 4.79 Å². The van der Waals surface area contributed by atoms with E-state index in [1.54, 1.807) is 0 Å². The fourth-order valence-electron chi connectivity index (χ4n) is 4.99. The number of ketones is 1. The lowest BCUT2D eigenvalue weighted by Gasteiger charge is -2.26. The number of alkyl carbamates (subject to hydrolysis) is 1. The third-order valence-electron chi connectivity index (χ3n) is 6.97. The van der Waals surface area contributed by atoms with Gasteiger partial charge in [-0.1, -0.05) is 74.0 Å². The van der Waals surface area contributed by atoms with Gasteiger partial charge in [0, 0.05) is 29.6 Å². The van der Waals surface area contributed by atoms with Gasteiger partial charge in [-0.05, 0) is 55.1 Å². The van der Waals surface area contributed by atoms with Crippen molar-refractivity contribution in [3.8, 4) is 0 Å². The zero-order valence-electron chi connectivity index (χ0n) is 21.4. The summed E-state index contributed by atoms with van der Waals surface area (Å²) in [5.74, 6) is 0.914. The molecule has 7 heteroatoms. The predicted molar refractivity (Wildman–Crippen MR) is 144 cm³/mol. The highest BCUT2D eigenvalue weighted by molar-refractivity contribution is 6.30. The molecular formula is C29H39ClN2O4. The van der Waals surface area contributed by atoms with Crippen LogP contribution in [-0.4, -0.2) is 45.2 Å². The fraction of sp³-hybridized carbons (Fsp3) is 0.517. The number of rotatable bonds is 13. The van der Waals surface area contributed by atoms with Crippen molar-refractivity contribution >= 4 is 23.5 Å². The van der Waals surface area contributed by atoms with E-state index in [9.17, 15) is 9.59 Å². The van der Waals surface area contributed by atoms with Crippen molar-refractivity contribution in [2.24, 2.45) is 5.92 Å². The van der Waals surface area contributed by atoms with Crippen molar-refractivity contribution in [3.05, 3.63) is 70.2 Å². The number of halogens is 1. The van der Waals surface area contributed by atoms with Gasteiger partial charge in [0.2, 0.25) is 0 Å². The highest BCUT2D eigenvalue weighted by Crippen LogP contribution is 2.30. The molecule has 0 aromatic heterocycles. The minimum atomic E-state index is -0.506. The Labute approximate surface area is 220 Å². The van der Waals surface area contributed by atoms with E-state index in [1.807, 2.05) is 55.6 Å². The van der Waals surface area contributed by atoms with E-state index in [4.69, 9.17) is 16.3 Å². The van der Waals surface area contributed by atoms with Crippen molar-refractivity contribution in [3.63, 3.8) is 0 Å². The normalized spacial score (nSPS) is 15.8. The van der Waals surface area contributed by atoms with E-state index >= 15 is 0 Å². The molecule has 2 N–H and O–H groups in total. The Hall–Kier alpha value is -2.41. The molecule has 2 aromatic carbocycles. The molecule has 1 aliphatic carbocycles. The smallest absolute Gasteiger partial charge is 0.406 e. The zero-order chi connectivity index (χ0) is 25.8. The summed E-state index contributed by atoms with van der Waals surface area (Å²) in [6, 6.07) is 15.5. The number of carbonyl (C=O) groups is 2. The van der Waals surface area contributed by atoms with Crippen LogP contribution < -0.4 is 10.6 Å². The van der Waals surface area contributed by atoms with Gasteiger partial charge in [-0.25, -0.2) is 4.79 Å². The van der Waals surface area contributed by atoms with Crippen LogP contribution in [0.25, 0.3) is 0 Å². The van der Waals surface area contributed by atoms with Gasteiger partial charge in [-0.15, -0.1) is 0 Å². The summed E-state index contributed by atoms with van der Waals surface area (Å²) in [6.07, 6.45) is 8.22. The van der Waals surface area contributed by atoms with Gasteiger partial charge in [0.25, 0.3) is 0 Å². The molecule has 1 fully saturated rings. The van der Waals surface area contributed by atoms with Crippen molar-refractivity contribution in [2.75, 3.05) is 27.3 Å². The van der Waals surface area contributed by atoms with Gasteiger partial charge in [0.1, 0.15) is 6.10 Å². The number of hydrogen-bond acceptors (Lipinski definition) is 5. The number of hydrogen-bond donors (Lipinski definition) is 2. The predicted octanol–water partition coefficient (Wildman–Crippen LogP) is 6.32. The minimum absolute atomic E-state index is 0.137. The first-order valence-electron chi connectivity index (χ1n) is 13.0. The molecule has 3 rings (SSSR count). The number of carbonyl (C=O) groups excluding carboxylic acids is 2. The summed E-state index contributed by atoms with van der Waals surface area (Å²) in [5, 5.41) is 6.66. The molecule has 1 amide bonds. The Bertz CT molecular complexity index is 977. The quantitative estimate of drug-likeness (QED) is 0.241. The van der Waals surface area contributed by atoms with Crippen LogP contribution in [0, 0.1) is 5.92 Å². The maximum Gasteiger partial charge on any atom is 0.406 e. The molecule has 196 valence electrons. The molecule has 1 aliphatic rings. The Morgan fingerprint density at radius 2 is 1.78 bits per heavy atom. The van der Waals surface area contributed by atoms with E-state index in [2.05, 4.69) is 15.4 Å². The van der Waals surface area contributed by atoms with Crippen LogP contribution in [0.4, 0.5) is 4.79 Å². The van der Waals surface area contributed by atoms with Crippen LogP contribution in [0.3, 0.4) is 0 Å². The third-order valence-corrected chi connectivity index (χ3v) is 7.21. The molecule has 0 spiro atoms. The van der Waals surface area contributed by atoms with Crippen LogP contribution >= 0.6 is 11.6 Å². The molecule has 2 atom stereocenters. The van der Waals surface area contributed by atoms with Gasteiger partial charge in [-0.2, -0.15) is 0 Å². The summed E-state index contributed by atoms with van der Waals surface area (Å²) in [5.41, 5.74) is 2.43. The van der Waals surface area contributed by atoms with Gasteiger partial charge in [0.15, 0.2) is 5.78 Å². The molecule has 0 aliphatic heterocycles. The lowest BCUT2D eigenvalue weighted by molar-refractivity contribution is 0.0804. The SMILES string of the molecule is CN[C@H](CCC(=O)c1cccc(C(OCCNC(=O)OC)c2cccc(Cl)c2)c1)CC1CCCCC1. The van der Waals surface area contributed by atoms with E-state index in [0.717, 1.165) is 29.9 Å². The molecule has 0 bridgehead atoms. The van der Waals surface area contributed by atoms with E-state index in [-0.39, 0.29) is 12.4 Å². The maximum absolute atomic E-state index is 13.1. The Balaban J connectivity index is 1.66. The first kappa shape index (κ1) is 28.2. The molecule has 36 heavy (non-hydrogen) atoms.